The average Bonchev–Trinajstić information content (AvgIpc) is 3.64. The first-order valence-electron chi connectivity index (χ1n) is 24.7. The van der Waals surface area contributed by atoms with Gasteiger partial charge in [0.25, 0.3) is 5.91 Å². The van der Waals surface area contributed by atoms with Gasteiger partial charge in [0.2, 0.25) is 10.9 Å². The van der Waals surface area contributed by atoms with Crippen molar-refractivity contribution in [2.75, 3.05) is 50.1 Å². The first-order valence-corrected chi connectivity index (χ1v) is 24.7. The Bertz CT molecular complexity index is 3220. The number of nitrogens with zero attached hydrogens (tertiary/aromatic N) is 4. The van der Waals surface area contributed by atoms with Crippen LogP contribution in [0.2, 0.25) is 0 Å². The van der Waals surface area contributed by atoms with Crippen molar-refractivity contribution in [3.8, 4) is 11.5 Å². The molecule has 2 aromatic heterocycles. The number of anilines is 2. The molecule has 5 aromatic rings. The van der Waals surface area contributed by atoms with Crippen LogP contribution >= 0.6 is 0 Å². The minimum atomic E-state index is -2.01. The molecule has 18 heteroatoms. The van der Waals surface area contributed by atoms with Crippen LogP contribution in [0.1, 0.15) is 71.3 Å². The third kappa shape index (κ3) is 10.0. The van der Waals surface area contributed by atoms with E-state index in [-0.39, 0.29) is 66.3 Å². The van der Waals surface area contributed by atoms with Crippen LogP contribution in [0.5, 0.6) is 11.5 Å². The Morgan fingerprint density at radius 1 is 0.932 bits per heavy atom. The van der Waals surface area contributed by atoms with E-state index >= 15 is 0 Å². The van der Waals surface area contributed by atoms with E-state index < -0.39 is 88.1 Å². The van der Waals surface area contributed by atoms with Gasteiger partial charge in [0.1, 0.15) is 28.8 Å². The highest BCUT2D eigenvalue weighted by Gasteiger charge is 2.44. The topological polar surface area (TPSA) is 244 Å². The molecule has 6 heterocycles. The number of phenolic OH excluding ortho intramolecular Hbond substituents is 1. The molecule has 9 unspecified atom stereocenters. The van der Waals surface area contributed by atoms with Gasteiger partial charge in [-0.15, -0.1) is 0 Å². The number of nitrogens with one attached hydrogen (secondary N) is 1. The number of aromatic nitrogens is 2. The number of aliphatic hydroxyl groups is 3. The number of esters is 1. The number of aromatic hydroxyl groups is 1. The number of hydrogen-bond acceptors (Lipinski definition) is 17. The highest BCUT2D eigenvalue weighted by atomic mass is 16.7. The van der Waals surface area contributed by atoms with E-state index in [0.29, 0.717) is 24.7 Å². The molecular formula is C55H65N5O13. The molecule has 1 fully saturated rings. The normalized spacial score (nSPS) is 26.6. The van der Waals surface area contributed by atoms with E-state index in [9.17, 15) is 39.6 Å². The molecule has 5 bridgehead atoms. The van der Waals surface area contributed by atoms with Crippen molar-refractivity contribution in [3.05, 3.63) is 110 Å². The van der Waals surface area contributed by atoms with E-state index in [0.717, 1.165) is 19.6 Å². The summed E-state index contributed by atoms with van der Waals surface area (Å²) >= 11 is 0. The number of rotatable bonds is 6. The van der Waals surface area contributed by atoms with Crippen molar-refractivity contribution in [3.63, 3.8) is 0 Å². The zero-order chi connectivity index (χ0) is 52.8. The second kappa shape index (κ2) is 20.9. The number of fused-ring (bicyclic) bond motifs is 14. The zero-order valence-electron chi connectivity index (χ0n) is 42.8. The van der Waals surface area contributed by atoms with Gasteiger partial charge in [-0.1, -0.05) is 59.8 Å². The molecule has 73 heavy (non-hydrogen) atoms. The number of carbonyl (C=O) groups excluding carboxylic acids is 2. The molecular weight excluding hydrogens is 939 g/mol. The van der Waals surface area contributed by atoms with Crippen LogP contribution in [0.4, 0.5) is 11.4 Å². The lowest BCUT2D eigenvalue weighted by molar-refractivity contribution is -0.112. The van der Waals surface area contributed by atoms with Gasteiger partial charge in [-0.2, -0.15) is 0 Å². The van der Waals surface area contributed by atoms with Gasteiger partial charge in [0.05, 0.1) is 40.7 Å². The Labute approximate surface area is 422 Å². The van der Waals surface area contributed by atoms with E-state index in [1.807, 2.05) is 0 Å². The predicted molar refractivity (Wildman–Crippen MR) is 276 cm³/mol. The monoisotopic (exact) mass is 1000 g/mol. The van der Waals surface area contributed by atoms with Crippen LogP contribution in [0.25, 0.3) is 38.7 Å². The van der Waals surface area contributed by atoms with Crippen LogP contribution in [0.15, 0.2) is 86.8 Å². The zero-order valence-corrected chi connectivity index (χ0v) is 42.8. The third-order valence-corrected chi connectivity index (χ3v) is 14.6. The van der Waals surface area contributed by atoms with Gasteiger partial charge < -0.3 is 54.0 Å². The molecule has 0 aliphatic carbocycles. The van der Waals surface area contributed by atoms with Crippen LogP contribution < -0.4 is 31.0 Å². The van der Waals surface area contributed by atoms with Crippen molar-refractivity contribution in [1.29, 1.82) is 0 Å². The second-order valence-corrected chi connectivity index (χ2v) is 20.3. The van der Waals surface area contributed by atoms with Crippen molar-refractivity contribution >= 4 is 62.0 Å². The lowest BCUT2D eigenvalue weighted by Gasteiger charge is -2.38. The smallest absolute Gasteiger partial charge is 0.338 e. The lowest BCUT2D eigenvalue weighted by atomic mass is 9.78. The lowest BCUT2D eigenvalue weighted by Crippen LogP contribution is -2.47. The molecule has 3 aromatic carbocycles. The third-order valence-electron chi connectivity index (χ3n) is 14.6. The molecule has 9 rings (SSSR count). The van der Waals surface area contributed by atoms with Crippen LogP contribution in [-0.4, -0.2) is 117 Å². The summed E-state index contributed by atoms with van der Waals surface area (Å²) in [7, 11) is 1.44. The van der Waals surface area contributed by atoms with E-state index in [1.54, 1.807) is 45.9 Å². The Morgan fingerprint density at radius 3 is 2.30 bits per heavy atom. The Hall–Kier alpha value is -6.86. The number of allylic oxidation sites excluding steroid dienone is 2. The highest BCUT2D eigenvalue weighted by molar-refractivity contribution is 6.17. The molecule has 0 radical (unpaired) electrons. The standard InChI is InChI=1S/C55H65N5O13/c1-27(2)26-59-19-21-60(22-20-59)35-24-36(61)42-38(25-35)71-51-43(57-42)39-40-47(64)33(8)50-41(39)52(66)55(9,73-50)70-23-16-37(69-10)30(5)49(72-54(68)34-14-17-56-18-15-34)32(7)46(63)31(6)45(62)28(3)12-11-13-29(4)53(67)58-44(51)48(40)65/h11-18,23-25,27-28,30-32,37,45-46,49,62-64,66H,19-22,26H2,1-10H3,(H,58,67). The quantitative estimate of drug-likeness (QED) is 0.0741. The Kier molecular flexibility index (Phi) is 15.0. The van der Waals surface area contributed by atoms with E-state index in [1.165, 1.54) is 76.9 Å². The molecule has 388 valence electrons. The molecule has 4 aliphatic rings. The molecule has 9 atom stereocenters. The summed E-state index contributed by atoms with van der Waals surface area (Å²) in [5.74, 6) is -6.82. The summed E-state index contributed by atoms with van der Waals surface area (Å²) in [4.78, 5) is 70.1. The van der Waals surface area contributed by atoms with Gasteiger partial charge in [0.15, 0.2) is 22.4 Å². The fraction of sp³-hybridized carbons (Fsp3) is 0.455. The minimum absolute atomic E-state index is 0.0329. The first kappa shape index (κ1) is 52.5. The van der Waals surface area contributed by atoms with Crippen molar-refractivity contribution in [2.24, 2.45) is 29.6 Å². The number of aliphatic hydroxyl groups excluding tert-OH is 3. The van der Waals surface area contributed by atoms with Gasteiger partial charge in [0, 0.05) is 117 Å². The summed E-state index contributed by atoms with van der Waals surface area (Å²) in [5, 5.41) is 49.9. The van der Waals surface area contributed by atoms with Gasteiger partial charge in [-0.05, 0) is 38.0 Å². The maximum absolute atomic E-state index is 15.0. The number of phenols is 1. The number of benzene rings is 3. The van der Waals surface area contributed by atoms with Gasteiger partial charge in [-0.3, -0.25) is 24.3 Å². The largest absolute Gasteiger partial charge is 0.507 e. The van der Waals surface area contributed by atoms with E-state index in [4.69, 9.17) is 28.3 Å². The maximum atomic E-state index is 15.0. The van der Waals surface area contributed by atoms with Gasteiger partial charge >= 0.3 is 11.8 Å². The summed E-state index contributed by atoms with van der Waals surface area (Å²) < 4.78 is 31.1. The van der Waals surface area contributed by atoms with Crippen molar-refractivity contribution in [1.82, 2.24) is 14.9 Å². The number of methoxy groups -OCH3 is 1. The fourth-order valence-corrected chi connectivity index (χ4v) is 10.3. The molecule has 0 spiro atoms. The predicted octanol–water partition coefficient (Wildman–Crippen LogP) is 6.03. The number of carbonyl (C=O) groups is 2. The summed E-state index contributed by atoms with van der Waals surface area (Å²) in [6.45, 7) is 19.5. The summed E-state index contributed by atoms with van der Waals surface area (Å²) in [6, 6.07) is 6.16. The Morgan fingerprint density at radius 2 is 1.63 bits per heavy atom. The minimum Gasteiger partial charge on any atom is -0.507 e. The van der Waals surface area contributed by atoms with E-state index in [2.05, 4.69) is 33.9 Å². The average molecular weight is 1000 g/mol. The van der Waals surface area contributed by atoms with Crippen molar-refractivity contribution in [2.45, 2.75) is 92.5 Å². The Balaban J connectivity index is 1.31. The molecule has 4 aliphatic heterocycles. The number of ether oxygens (including phenoxy) is 4. The molecule has 0 saturated carbocycles. The highest BCUT2D eigenvalue weighted by Crippen LogP contribution is 2.42. The molecule has 1 saturated heterocycles. The number of hydrogen-bond donors (Lipinski definition) is 5. The summed E-state index contributed by atoms with van der Waals surface area (Å²) in [6.07, 6.45) is 6.21. The number of piperazine rings is 1. The molecule has 5 N–H and O–H groups in total. The second-order valence-electron chi connectivity index (χ2n) is 20.3. The molecule has 1 amide bonds. The number of pyridine rings is 1. The fourth-order valence-electron chi connectivity index (χ4n) is 10.3. The van der Waals surface area contributed by atoms with Crippen molar-refractivity contribution < 1.29 is 53.4 Å². The maximum Gasteiger partial charge on any atom is 0.338 e. The van der Waals surface area contributed by atoms with Gasteiger partial charge in [-0.25, -0.2) is 9.78 Å². The van der Waals surface area contributed by atoms with Crippen LogP contribution in [0.3, 0.4) is 0 Å². The van der Waals surface area contributed by atoms with Crippen LogP contribution in [-0.2, 0) is 19.0 Å². The number of amides is 1. The van der Waals surface area contributed by atoms with Crippen LogP contribution in [0, 0.1) is 36.5 Å². The summed E-state index contributed by atoms with van der Waals surface area (Å²) in [5.41, 5.74) is -1.20. The molecule has 18 nitrogen and oxygen atoms in total. The SMILES string of the molecule is COC1C=COC2(C)Oc3c(C)c(O)c4c(=O)c(c5oc6cc(N7CCN(CC(C)C)CC7)cc(=O)c6nc5c4c3=C2O)NC(=O)C(C)=CC=CC(C)C(O)C(C)C(O)C(C)C(OC(=O)c2ccncc2)C1C. The first-order chi connectivity index (χ1) is 34.6.